The van der Waals surface area contributed by atoms with Crippen LogP contribution >= 0.6 is 0 Å². The average Bonchev–Trinajstić information content (AvgIpc) is 2.59. The number of nitrogens with one attached hydrogen (secondary N) is 2. The van der Waals surface area contributed by atoms with Crippen LogP contribution in [0.25, 0.3) is 0 Å². The van der Waals surface area contributed by atoms with Gasteiger partial charge in [-0.2, -0.15) is 0 Å². The minimum Gasteiger partial charge on any atom is -0.387 e. The molecule has 0 saturated carbocycles. The summed E-state index contributed by atoms with van der Waals surface area (Å²) in [6.07, 6.45) is 20.6. The summed E-state index contributed by atoms with van der Waals surface area (Å²) in [5.41, 5.74) is 1.36. The van der Waals surface area contributed by atoms with Crippen LogP contribution in [0.15, 0.2) is 97.5 Å². The van der Waals surface area contributed by atoms with E-state index in [9.17, 15) is 9.59 Å². The number of carbonyl (C=O) groups is 2. The topological polar surface area (TPSA) is 58.2 Å². The molecule has 0 spiro atoms. The summed E-state index contributed by atoms with van der Waals surface area (Å²) < 4.78 is 0. The van der Waals surface area contributed by atoms with Gasteiger partial charge in [-0.1, -0.05) is 36.5 Å². The SMILES string of the molecule is C=CCNC=C1C=CC=CC1=O.C=CCNC=C1C=CC=CC1=O.[Pd]. The van der Waals surface area contributed by atoms with E-state index in [1.807, 2.05) is 12.2 Å². The maximum Gasteiger partial charge on any atom is 0.187 e. The molecule has 0 fully saturated rings. The third kappa shape index (κ3) is 9.41. The summed E-state index contributed by atoms with van der Waals surface area (Å²) in [7, 11) is 0. The van der Waals surface area contributed by atoms with Crippen LogP contribution in [0.2, 0.25) is 0 Å². The fraction of sp³-hybridized carbons (Fsp3) is 0.100. The van der Waals surface area contributed by atoms with Gasteiger partial charge in [0.1, 0.15) is 0 Å². The largest absolute Gasteiger partial charge is 0.387 e. The standard InChI is InChI=1S/2C10H11NO.Pd/c2*1-2-7-11-8-9-5-3-4-6-10(9)12;/h2*2-6,8,11H,1,7H2;. The normalized spacial score (nSPS) is 17.6. The Bertz CT molecular complexity index is 607. The van der Waals surface area contributed by atoms with Gasteiger partial charge in [-0.05, 0) is 24.3 Å². The molecule has 0 amide bonds. The summed E-state index contributed by atoms with van der Waals surface area (Å²) >= 11 is 0. The number of hydrogen-bond acceptors (Lipinski definition) is 4. The molecular formula is C20H22N2O2Pd. The first-order valence-corrected chi connectivity index (χ1v) is 7.56. The summed E-state index contributed by atoms with van der Waals surface area (Å²) in [6, 6.07) is 0. The van der Waals surface area contributed by atoms with Crippen LogP contribution in [0.4, 0.5) is 0 Å². The molecule has 0 heterocycles. The molecular weight excluding hydrogens is 407 g/mol. The smallest absolute Gasteiger partial charge is 0.187 e. The fourth-order valence-electron chi connectivity index (χ4n) is 1.70. The van der Waals surface area contributed by atoms with Gasteiger partial charge >= 0.3 is 0 Å². The van der Waals surface area contributed by atoms with Crippen molar-refractivity contribution in [1.29, 1.82) is 0 Å². The van der Waals surface area contributed by atoms with Crippen LogP contribution in [0.1, 0.15) is 0 Å². The molecule has 25 heavy (non-hydrogen) atoms. The van der Waals surface area contributed by atoms with Crippen molar-refractivity contribution in [2.24, 2.45) is 0 Å². The second kappa shape index (κ2) is 13.9. The Hall–Kier alpha value is -2.48. The zero-order valence-corrected chi connectivity index (χ0v) is 15.4. The third-order valence-corrected chi connectivity index (χ3v) is 2.88. The fourth-order valence-corrected chi connectivity index (χ4v) is 1.70. The zero-order valence-electron chi connectivity index (χ0n) is 13.9. The Morgan fingerprint density at radius 3 is 1.40 bits per heavy atom. The molecule has 0 unspecified atom stereocenters. The third-order valence-electron chi connectivity index (χ3n) is 2.88. The summed E-state index contributed by atoms with van der Waals surface area (Å²) in [5, 5.41) is 5.90. The molecule has 0 aliphatic heterocycles. The van der Waals surface area contributed by atoms with E-state index in [1.54, 1.807) is 61.0 Å². The van der Waals surface area contributed by atoms with Crippen LogP contribution in [0, 0.1) is 0 Å². The van der Waals surface area contributed by atoms with Gasteiger partial charge < -0.3 is 10.6 Å². The first-order valence-electron chi connectivity index (χ1n) is 7.56. The predicted octanol–water partition coefficient (Wildman–Crippen LogP) is 2.68. The molecule has 5 heteroatoms. The van der Waals surface area contributed by atoms with Gasteiger partial charge in [0.2, 0.25) is 0 Å². The van der Waals surface area contributed by atoms with Gasteiger partial charge in [-0.15, -0.1) is 13.2 Å². The van der Waals surface area contributed by atoms with Gasteiger partial charge in [-0.3, -0.25) is 9.59 Å². The Labute approximate surface area is 162 Å². The van der Waals surface area contributed by atoms with Crippen LogP contribution in [0.5, 0.6) is 0 Å². The molecule has 0 saturated heterocycles. The van der Waals surface area contributed by atoms with Crippen molar-refractivity contribution in [2.75, 3.05) is 13.1 Å². The van der Waals surface area contributed by atoms with E-state index in [2.05, 4.69) is 23.8 Å². The molecule has 134 valence electrons. The molecule has 0 atom stereocenters. The van der Waals surface area contributed by atoms with Crippen LogP contribution in [-0.2, 0) is 30.0 Å². The molecule has 0 radical (unpaired) electrons. The molecule has 4 nitrogen and oxygen atoms in total. The van der Waals surface area contributed by atoms with E-state index in [0.717, 1.165) is 0 Å². The van der Waals surface area contributed by atoms with Crippen LogP contribution in [-0.4, -0.2) is 24.7 Å². The zero-order chi connectivity index (χ0) is 17.6. The Morgan fingerprint density at radius 2 is 1.08 bits per heavy atom. The molecule has 2 aliphatic carbocycles. The Balaban J connectivity index is 0.000000443. The van der Waals surface area contributed by atoms with Crippen molar-refractivity contribution in [3.63, 3.8) is 0 Å². The monoisotopic (exact) mass is 428 g/mol. The van der Waals surface area contributed by atoms with Crippen molar-refractivity contribution in [3.05, 3.63) is 97.5 Å². The van der Waals surface area contributed by atoms with E-state index in [0.29, 0.717) is 24.2 Å². The molecule has 0 bridgehead atoms. The van der Waals surface area contributed by atoms with Gasteiger partial charge in [0, 0.05) is 57.1 Å². The predicted molar refractivity (Wildman–Crippen MR) is 99.1 cm³/mol. The summed E-state index contributed by atoms with van der Waals surface area (Å²) in [6.45, 7) is 8.46. The van der Waals surface area contributed by atoms with E-state index < -0.39 is 0 Å². The average molecular weight is 429 g/mol. The minimum absolute atomic E-state index is 0. The molecule has 2 rings (SSSR count). The summed E-state index contributed by atoms with van der Waals surface area (Å²) in [5.74, 6) is 0.0723. The molecule has 2 aliphatic rings. The number of carbonyl (C=O) groups excluding carboxylic acids is 2. The number of rotatable bonds is 6. The van der Waals surface area contributed by atoms with Gasteiger partial charge in [0.25, 0.3) is 0 Å². The van der Waals surface area contributed by atoms with E-state index in [-0.39, 0.29) is 32.0 Å². The first kappa shape index (κ1) is 22.5. The van der Waals surface area contributed by atoms with E-state index in [1.165, 1.54) is 0 Å². The van der Waals surface area contributed by atoms with Crippen LogP contribution < -0.4 is 10.6 Å². The molecule has 0 aromatic carbocycles. The minimum atomic E-state index is 0. The van der Waals surface area contributed by atoms with Gasteiger partial charge in [0.05, 0.1) is 0 Å². The van der Waals surface area contributed by atoms with E-state index in [4.69, 9.17) is 0 Å². The van der Waals surface area contributed by atoms with Crippen LogP contribution in [0.3, 0.4) is 0 Å². The second-order valence-electron chi connectivity index (χ2n) is 4.76. The second-order valence-corrected chi connectivity index (χ2v) is 4.76. The van der Waals surface area contributed by atoms with Crippen molar-refractivity contribution < 1.29 is 30.0 Å². The molecule has 2 N–H and O–H groups in total. The van der Waals surface area contributed by atoms with Crippen molar-refractivity contribution in [1.82, 2.24) is 10.6 Å². The Kier molecular flexibility index (Phi) is 12.5. The Morgan fingerprint density at radius 1 is 0.720 bits per heavy atom. The maximum absolute atomic E-state index is 11.1. The van der Waals surface area contributed by atoms with Crippen molar-refractivity contribution in [3.8, 4) is 0 Å². The van der Waals surface area contributed by atoms with Crippen molar-refractivity contribution >= 4 is 11.6 Å². The molecule has 0 aromatic heterocycles. The van der Waals surface area contributed by atoms with Gasteiger partial charge in [-0.25, -0.2) is 0 Å². The number of ketones is 2. The quantitative estimate of drug-likeness (QED) is 0.295. The molecule has 0 aromatic rings. The van der Waals surface area contributed by atoms with E-state index >= 15 is 0 Å². The first-order chi connectivity index (χ1) is 11.7. The number of hydrogen-bond donors (Lipinski definition) is 2. The van der Waals surface area contributed by atoms with Gasteiger partial charge in [0.15, 0.2) is 11.6 Å². The number of allylic oxidation sites excluding steroid dienone is 10. The van der Waals surface area contributed by atoms with Crippen molar-refractivity contribution in [2.45, 2.75) is 0 Å². The summed E-state index contributed by atoms with van der Waals surface area (Å²) in [4.78, 5) is 22.2. The maximum atomic E-state index is 11.1.